The van der Waals surface area contributed by atoms with Gasteiger partial charge in [-0.3, -0.25) is 0 Å². The van der Waals surface area contributed by atoms with E-state index in [1.54, 1.807) is 22.7 Å². The van der Waals surface area contributed by atoms with Crippen molar-refractivity contribution in [1.82, 2.24) is 4.57 Å². The molecule has 27 heavy (non-hydrogen) atoms. The van der Waals surface area contributed by atoms with Gasteiger partial charge in [-0.2, -0.15) is 0 Å². The van der Waals surface area contributed by atoms with E-state index < -0.39 is 0 Å². The first-order valence-corrected chi connectivity index (χ1v) is 11.5. The maximum absolute atomic E-state index is 2.40. The van der Waals surface area contributed by atoms with Gasteiger partial charge in [0.1, 0.15) is 0 Å². The first-order chi connectivity index (χ1) is 13.4. The number of rotatable bonds is 8. The average Bonchev–Trinajstić information content (AvgIpc) is 3.46. The van der Waals surface area contributed by atoms with Gasteiger partial charge in [-0.05, 0) is 65.6 Å². The van der Waals surface area contributed by atoms with E-state index in [2.05, 4.69) is 82.9 Å². The van der Waals surface area contributed by atoms with Crippen molar-refractivity contribution in [2.45, 2.75) is 39.0 Å². The number of thiophene rings is 2. The Hall–Kier alpha value is -2.10. The predicted molar refractivity (Wildman–Crippen MR) is 120 cm³/mol. The molecule has 138 valence electrons. The summed E-state index contributed by atoms with van der Waals surface area (Å²) in [7, 11) is 0. The van der Waals surface area contributed by atoms with Crippen LogP contribution in [-0.4, -0.2) is 4.57 Å². The molecule has 0 fully saturated rings. The molecule has 0 N–H and O–H groups in total. The minimum absolute atomic E-state index is 1.18. The van der Waals surface area contributed by atoms with E-state index in [-0.39, 0.29) is 0 Å². The van der Waals surface area contributed by atoms with Gasteiger partial charge < -0.3 is 4.57 Å². The highest BCUT2D eigenvalue weighted by atomic mass is 32.1. The molecule has 0 amide bonds. The molecule has 0 spiro atoms. The molecule has 3 heterocycles. The van der Waals surface area contributed by atoms with Crippen molar-refractivity contribution in [3.8, 4) is 26.8 Å². The third kappa shape index (κ3) is 4.10. The minimum Gasteiger partial charge on any atom is -0.308 e. The molecule has 0 radical (unpaired) electrons. The van der Waals surface area contributed by atoms with Crippen molar-refractivity contribution in [3.05, 3.63) is 77.0 Å². The molecule has 1 aromatic carbocycles. The first-order valence-electron chi connectivity index (χ1n) is 9.75. The zero-order valence-corrected chi connectivity index (χ0v) is 17.4. The summed E-state index contributed by atoms with van der Waals surface area (Å²) in [5.41, 5.74) is 5.22. The Bertz CT molecular complexity index is 893. The normalized spacial score (nSPS) is 11.1. The zero-order chi connectivity index (χ0) is 18.5. The number of aromatic nitrogens is 1. The highest BCUT2D eigenvalue weighted by molar-refractivity contribution is 7.14. The molecule has 4 aromatic rings. The number of benzene rings is 1. The van der Waals surface area contributed by atoms with Crippen LogP contribution < -0.4 is 0 Å². The molecule has 0 unspecified atom stereocenters. The summed E-state index contributed by atoms with van der Waals surface area (Å²) in [5, 5.41) is 4.30. The lowest BCUT2D eigenvalue weighted by Gasteiger charge is -2.13. The third-order valence-electron chi connectivity index (χ3n) is 4.94. The van der Waals surface area contributed by atoms with E-state index >= 15 is 0 Å². The minimum atomic E-state index is 1.18. The van der Waals surface area contributed by atoms with Gasteiger partial charge in [-0.1, -0.05) is 50.5 Å². The standard InChI is InChI=1S/C24H25NS2/c1-2-3-4-5-8-19-11-13-20(14-12-19)25-21(23-9-6-17-26-23)15-16-22(25)24-10-7-18-27-24/h6-7,9-18H,2-5,8H2,1H3. The van der Waals surface area contributed by atoms with Crippen LogP contribution >= 0.6 is 22.7 Å². The molecule has 0 saturated carbocycles. The van der Waals surface area contributed by atoms with Gasteiger partial charge in [0.25, 0.3) is 0 Å². The van der Waals surface area contributed by atoms with Gasteiger partial charge in [0.2, 0.25) is 0 Å². The topological polar surface area (TPSA) is 4.93 Å². The molecule has 3 heteroatoms. The summed E-state index contributed by atoms with van der Waals surface area (Å²) in [6.07, 6.45) is 6.44. The number of unbranched alkanes of at least 4 members (excludes halogenated alkanes) is 3. The van der Waals surface area contributed by atoms with E-state index in [4.69, 9.17) is 0 Å². The Morgan fingerprint density at radius 3 is 1.85 bits per heavy atom. The van der Waals surface area contributed by atoms with E-state index in [1.807, 2.05) is 0 Å². The molecule has 1 nitrogen and oxygen atoms in total. The summed E-state index contributed by atoms with van der Waals surface area (Å²) in [4.78, 5) is 2.61. The SMILES string of the molecule is CCCCCCc1ccc(-n2c(-c3cccs3)ccc2-c2cccs2)cc1. The van der Waals surface area contributed by atoms with Gasteiger partial charge in [0.05, 0.1) is 21.1 Å². The van der Waals surface area contributed by atoms with Crippen molar-refractivity contribution < 1.29 is 0 Å². The third-order valence-corrected chi connectivity index (χ3v) is 6.73. The van der Waals surface area contributed by atoms with Crippen LogP contribution in [0.25, 0.3) is 26.8 Å². The van der Waals surface area contributed by atoms with Crippen molar-refractivity contribution in [1.29, 1.82) is 0 Å². The van der Waals surface area contributed by atoms with Crippen LogP contribution in [0, 0.1) is 0 Å². The second kappa shape index (κ2) is 8.73. The number of hydrogen-bond donors (Lipinski definition) is 0. The Morgan fingerprint density at radius 1 is 0.704 bits per heavy atom. The molecule has 3 aromatic heterocycles. The second-order valence-corrected chi connectivity index (χ2v) is 8.77. The van der Waals surface area contributed by atoms with Crippen molar-refractivity contribution in [3.63, 3.8) is 0 Å². The highest BCUT2D eigenvalue weighted by Gasteiger charge is 2.14. The summed E-state index contributed by atoms with van der Waals surface area (Å²) in [6.45, 7) is 2.27. The fourth-order valence-corrected chi connectivity index (χ4v) is 5.00. The Morgan fingerprint density at radius 2 is 1.33 bits per heavy atom. The summed E-state index contributed by atoms with van der Waals surface area (Å²) in [5.74, 6) is 0. The second-order valence-electron chi connectivity index (χ2n) is 6.87. The van der Waals surface area contributed by atoms with Crippen LogP contribution in [0.5, 0.6) is 0 Å². The van der Waals surface area contributed by atoms with Crippen molar-refractivity contribution in [2.24, 2.45) is 0 Å². The quantitative estimate of drug-likeness (QED) is 0.268. The van der Waals surface area contributed by atoms with Gasteiger partial charge in [0, 0.05) is 5.69 Å². The number of aryl methyl sites for hydroxylation is 1. The zero-order valence-electron chi connectivity index (χ0n) is 15.7. The summed E-state index contributed by atoms with van der Waals surface area (Å²) >= 11 is 3.59. The van der Waals surface area contributed by atoms with E-state index in [0.717, 1.165) is 0 Å². The van der Waals surface area contributed by atoms with Crippen LogP contribution in [0.1, 0.15) is 38.2 Å². The molecular weight excluding hydrogens is 366 g/mol. The van der Waals surface area contributed by atoms with Crippen LogP contribution in [0.2, 0.25) is 0 Å². The molecule has 0 aliphatic heterocycles. The monoisotopic (exact) mass is 391 g/mol. The van der Waals surface area contributed by atoms with Gasteiger partial charge >= 0.3 is 0 Å². The fourth-order valence-electron chi connectivity index (χ4n) is 3.52. The predicted octanol–water partition coefficient (Wildman–Crippen LogP) is 8.06. The van der Waals surface area contributed by atoms with Gasteiger partial charge in [-0.15, -0.1) is 22.7 Å². The molecule has 0 atom stereocenters. The van der Waals surface area contributed by atoms with Crippen LogP contribution in [0.4, 0.5) is 0 Å². The maximum atomic E-state index is 2.40. The first kappa shape index (κ1) is 18.3. The van der Waals surface area contributed by atoms with Crippen LogP contribution in [-0.2, 0) is 6.42 Å². The van der Waals surface area contributed by atoms with Crippen molar-refractivity contribution in [2.75, 3.05) is 0 Å². The lowest BCUT2D eigenvalue weighted by atomic mass is 10.1. The van der Waals surface area contributed by atoms with Crippen LogP contribution in [0.15, 0.2) is 71.4 Å². The molecule has 0 aliphatic carbocycles. The summed E-state index contributed by atoms with van der Waals surface area (Å²) < 4.78 is 2.40. The number of hydrogen-bond acceptors (Lipinski definition) is 2. The highest BCUT2D eigenvalue weighted by Crippen LogP contribution is 2.36. The fraction of sp³-hybridized carbons (Fsp3) is 0.250. The summed E-state index contributed by atoms with van der Waals surface area (Å²) in [6, 6.07) is 22.3. The van der Waals surface area contributed by atoms with Crippen LogP contribution in [0.3, 0.4) is 0 Å². The van der Waals surface area contributed by atoms with Gasteiger partial charge in [0.15, 0.2) is 0 Å². The molecule has 4 rings (SSSR count). The maximum Gasteiger partial charge on any atom is 0.0635 e. The number of nitrogens with zero attached hydrogens (tertiary/aromatic N) is 1. The smallest absolute Gasteiger partial charge is 0.0635 e. The van der Waals surface area contributed by atoms with Gasteiger partial charge in [-0.25, -0.2) is 0 Å². The van der Waals surface area contributed by atoms with E-state index in [9.17, 15) is 0 Å². The molecule has 0 bridgehead atoms. The van der Waals surface area contributed by atoms with E-state index in [1.165, 1.54) is 64.5 Å². The molecule has 0 saturated heterocycles. The Balaban J connectivity index is 1.67. The molecule has 0 aliphatic rings. The Kier molecular flexibility index (Phi) is 5.90. The molecular formula is C24H25NS2. The lowest BCUT2D eigenvalue weighted by molar-refractivity contribution is 0.667. The average molecular weight is 392 g/mol. The van der Waals surface area contributed by atoms with E-state index in [0.29, 0.717) is 0 Å². The Labute approximate surface area is 169 Å². The lowest BCUT2D eigenvalue weighted by Crippen LogP contribution is -1.98. The van der Waals surface area contributed by atoms with Crippen molar-refractivity contribution >= 4 is 22.7 Å². The largest absolute Gasteiger partial charge is 0.308 e.